The summed E-state index contributed by atoms with van der Waals surface area (Å²) in [5, 5.41) is 14.4. The van der Waals surface area contributed by atoms with E-state index < -0.39 is 0 Å². The number of anilines is 1. The minimum Gasteiger partial charge on any atom is -0.406 e. The van der Waals surface area contributed by atoms with Crippen molar-refractivity contribution in [2.24, 2.45) is 0 Å². The van der Waals surface area contributed by atoms with E-state index in [1.807, 2.05) is 0 Å². The minimum absolute atomic E-state index is 0.0677. The third kappa shape index (κ3) is 1.24. The Morgan fingerprint density at radius 3 is 2.67 bits per heavy atom. The zero-order valence-corrected chi connectivity index (χ0v) is 6.08. The summed E-state index contributed by atoms with van der Waals surface area (Å²) in [6.07, 6.45) is 3.11. The van der Waals surface area contributed by atoms with Crippen LogP contribution in [0.15, 0.2) is 17.1 Å². The Labute approximate surface area is 67.2 Å². The summed E-state index contributed by atoms with van der Waals surface area (Å²) in [7, 11) is 0. The second kappa shape index (κ2) is 2.61. The largest absolute Gasteiger partial charge is 0.406 e. The van der Waals surface area contributed by atoms with Crippen LogP contribution in [0.25, 0.3) is 0 Å². The van der Waals surface area contributed by atoms with Gasteiger partial charge in [-0.15, -0.1) is 15.3 Å². The number of hydrogen-bond donors (Lipinski definition) is 1. The van der Waals surface area contributed by atoms with E-state index in [1.165, 1.54) is 0 Å². The highest BCUT2D eigenvalue weighted by Gasteiger charge is 2.02. The lowest BCUT2D eigenvalue weighted by Gasteiger charge is -1.92. The molecule has 0 saturated heterocycles. The van der Waals surface area contributed by atoms with Crippen LogP contribution in [-0.2, 0) is 6.54 Å². The third-order valence-corrected chi connectivity index (χ3v) is 1.27. The van der Waals surface area contributed by atoms with E-state index in [-0.39, 0.29) is 6.01 Å². The van der Waals surface area contributed by atoms with E-state index in [0.29, 0.717) is 12.4 Å². The van der Waals surface area contributed by atoms with Gasteiger partial charge in [0.1, 0.15) is 19.2 Å². The maximum absolute atomic E-state index is 5.23. The van der Waals surface area contributed by atoms with Crippen LogP contribution < -0.4 is 5.73 Å². The molecule has 0 aliphatic heterocycles. The van der Waals surface area contributed by atoms with Gasteiger partial charge < -0.3 is 14.7 Å². The Hall–Kier alpha value is -1.92. The lowest BCUT2D eigenvalue weighted by Crippen LogP contribution is -1.96. The first-order chi connectivity index (χ1) is 5.84. The van der Waals surface area contributed by atoms with Gasteiger partial charge in [0.25, 0.3) is 0 Å². The molecular formula is C5H6N6O. The van der Waals surface area contributed by atoms with Crippen LogP contribution in [0.4, 0.5) is 6.01 Å². The summed E-state index contributed by atoms with van der Waals surface area (Å²) in [4.78, 5) is 0. The SMILES string of the molecule is Nc1nnc(Cn2cnnc2)o1. The summed E-state index contributed by atoms with van der Waals surface area (Å²) in [5.41, 5.74) is 5.23. The maximum atomic E-state index is 5.23. The quantitative estimate of drug-likeness (QED) is 0.633. The summed E-state index contributed by atoms with van der Waals surface area (Å²) < 4.78 is 6.64. The first-order valence-electron chi connectivity index (χ1n) is 3.25. The molecule has 2 rings (SSSR count). The van der Waals surface area contributed by atoms with Gasteiger partial charge >= 0.3 is 6.01 Å². The van der Waals surface area contributed by atoms with Crippen LogP contribution >= 0.6 is 0 Å². The van der Waals surface area contributed by atoms with Gasteiger partial charge in [0.05, 0.1) is 0 Å². The van der Waals surface area contributed by atoms with Gasteiger partial charge in [0.15, 0.2) is 0 Å². The first kappa shape index (κ1) is 6.77. The lowest BCUT2D eigenvalue weighted by atomic mass is 10.6. The molecule has 0 fully saturated rings. The van der Waals surface area contributed by atoms with Crippen molar-refractivity contribution in [1.82, 2.24) is 25.0 Å². The molecule has 62 valence electrons. The predicted octanol–water partition coefficient (Wildman–Crippen LogP) is -0.708. The fourth-order valence-corrected chi connectivity index (χ4v) is 0.790. The predicted molar refractivity (Wildman–Crippen MR) is 37.8 cm³/mol. The molecule has 0 spiro atoms. The molecule has 2 N–H and O–H groups in total. The Morgan fingerprint density at radius 2 is 2.08 bits per heavy atom. The molecule has 0 aliphatic carbocycles. The zero-order chi connectivity index (χ0) is 8.39. The smallest absolute Gasteiger partial charge is 0.312 e. The van der Waals surface area contributed by atoms with Gasteiger partial charge in [-0.2, -0.15) is 0 Å². The molecule has 0 atom stereocenters. The summed E-state index contributed by atoms with van der Waals surface area (Å²) in [6, 6.07) is 0.0677. The standard InChI is InChI=1S/C5H6N6O/c6-5-10-9-4(12-5)1-11-2-7-8-3-11/h2-3H,1H2,(H2,6,10). The minimum atomic E-state index is 0.0677. The second-order valence-corrected chi connectivity index (χ2v) is 2.17. The summed E-state index contributed by atoms with van der Waals surface area (Å²) in [6.45, 7) is 0.442. The van der Waals surface area contributed by atoms with E-state index >= 15 is 0 Å². The zero-order valence-electron chi connectivity index (χ0n) is 6.08. The van der Waals surface area contributed by atoms with E-state index in [9.17, 15) is 0 Å². The van der Waals surface area contributed by atoms with Gasteiger partial charge in [0, 0.05) is 0 Å². The lowest BCUT2D eigenvalue weighted by molar-refractivity contribution is 0.491. The van der Waals surface area contributed by atoms with Crippen LogP contribution in [0.1, 0.15) is 5.89 Å². The van der Waals surface area contributed by atoms with Crippen LogP contribution in [0, 0.1) is 0 Å². The summed E-state index contributed by atoms with van der Waals surface area (Å²) in [5.74, 6) is 0.437. The van der Waals surface area contributed by atoms with Crippen molar-refractivity contribution >= 4 is 6.01 Å². The van der Waals surface area contributed by atoms with Gasteiger partial charge in [-0.3, -0.25) is 0 Å². The van der Waals surface area contributed by atoms with Crippen molar-refractivity contribution in [3.05, 3.63) is 18.5 Å². The van der Waals surface area contributed by atoms with Crippen LogP contribution in [0.3, 0.4) is 0 Å². The normalized spacial score (nSPS) is 10.3. The van der Waals surface area contributed by atoms with Crippen molar-refractivity contribution < 1.29 is 4.42 Å². The monoisotopic (exact) mass is 166 g/mol. The highest BCUT2D eigenvalue weighted by atomic mass is 16.4. The van der Waals surface area contributed by atoms with Crippen LogP contribution in [-0.4, -0.2) is 25.0 Å². The van der Waals surface area contributed by atoms with Gasteiger partial charge in [-0.25, -0.2) is 0 Å². The van der Waals surface area contributed by atoms with Crippen molar-refractivity contribution in [2.75, 3.05) is 5.73 Å². The number of nitrogens with two attached hydrogens (primary N) is 1. The van der Waals surface area contributed by atoms with Crippen molar-refractivity contribution in [2.45, 2.75) is 6.54 Å². The summed E-state index contributed by atoms with van der Waals surface area (Å²) >= 11 is 0. The topological polar surface area (TPSA) is 95.7 Å². The number of nitrogen functional groups attached to an aromatic ring is 1. The fourth-order valence-electron chi connectivity index (χ4n) is 0.790. The average molecular weight is 166 g/mol. The van der Waals surface area contributed by atoms with Gasteiger partial charge in [-0.1, -0.05) is 5.10 Å². The number of aromatic nitrogens is 5. The molecule has 2 heterocycles. The average Bonchev–Trinajstić information content (AvgIpc) is 2.63. The van der Waals surface area contributed by atoms with Crippen LogP contribution in [0.5, 0.6) is 0 Å². The maximum Gasteiger partial charge on any atom is 0.312 e. The molecule has 0 aliphatic rings. The molecule has 7 heteroatoms. The molecule has 12 heavy (non-hydrogen) atoms. The molecule has 0 unspecified atom stereocenters. The Kier molecular flexibility index (Phi) is 1.47. The van der Waals surface area contributed by atoms with E-state index in [2.05, 4.69) is 20.4 Å². The van der Waals surface area contributed by atoms with Crippen LogP contribution in [0.2, 0.25) is 0 Å². The Balaban J connectivity index is 2.14. The highest BCUT2D eigenvalue weighted by Crippen LogP contribution is 2.01. The first-order valence-corrected chi connectivity index (χ1v) is 3.25. The molecule has 0 radical (unpaired) electrons. The number of hydrogen-bond acceptors (Lipinski definition) is 6. The number of nitrogens with zero attached hydrogens (tertiary/aromatic N) is 5. The molecule has 0 aromatic carbocycles. The molecule has 0 bridgehead atoms. The third-order valence-electron chi connectivity index (χ3n) is 1.27. The second-order valence-electron chi connectivity index (χ2n) is 2.17. The fraction of sp³-hybridized carbons (Fsp3) is 0.200. The Bertz CT molecular complexity index is 352. The molecule has 2 aromatic heterocycles. The Morgan fingerprint density at radius 1 is 1.33 bits per heavy atom. The number of rotatable bonds is 2. The van der Waals surface area contributed by atoms with Crippen molar-refractivity contribution in [1.29, 1.82) is 0 Å². The van der Waals surface area contributed by atoms with E-state index in [4.69, 9.17) is 10.2 Å². The van der Waals surface area contributed by atoms with Gasteiger partial charge in [0.2, 0.25) is 5.89 Å². The van der Waals surface area contributed by atoms with Crippen molar-refractivity contribution in [3.8, 4) is 0 Å². The molecule has 2 aromatic rings. The van der Waals surface area contributed by atoms with Crippen molar-refractivity contribution in [3.63, 3.8) is 0 Å². The molecule has 7 nitrogen and oxygen atoms in total. The van der Waals surface area contributed by atoms with E-state index in [1.54, 1.807) is 17.2 Å². The van der Waals surface area contributed by atoms with Gasteiger partial charge in [-0.05, 0) is 0 Å². The molecular weight excluding hydrogens is 160 g/mol. The molecule has 0 amide bonds. The van der Waals surface area contributed by atoms with E-state index in [0.717, 1.165) is 0 Å². The highest BCUT2D eigenvalue weighted by molar-refractivity contribution is 5.04. The molecule has 0 saturated carbocycles.